The monoisotopic (exact) mass is 212 g/mol. The maximum atomic E-state index is 11.1. The predicted octanol–water partition coefficient (Wildman–Crippen LogP) is 2.31. The normalized spacial score (nSPS) is 10.1. The molecule has 1 aromatic carbocycles. The van der Waals surface area contributed by atoms with Gasteiger partial charge in [0.25, 0.3) is 0 Å². The Morgan fingerprint density at radius 3 is 2.64 bits per heavy atom. The SMILES string of the molecule is CCc1cccc(CC(=O)CCl)c1O. The highest BCUT2D eigenvalue weighted by Gasteiger charge is 2.08. The molecule has 0 aliphatic heterocycles. The van der Waals surface area contributed by atoms with Crippen LogP contribution in [0.1, 0.15) is 18.1 Å². The van der Waals surface area contributed by atoms with E-state index < -0.39 is 0 Å². The fourth-order valence-electron chi connectivity index (χ4n) is 1.33. The number of para-hydroxylation sites is 1. The number of halogens is 1. The molecule has 0 saturated carbocycles. The number of Topliss-reactive ketones (excluding diaryl/α,β-unsaturated/α-hetero) is 1. The summed E-state index contributed by atoms with van der Waals surface area (Å²) in [5.41, 5.74) is 1.53. The number of carbonyl (C=O) groups is 1. The van der Waals surface area contributed by atoms with Crippen LogP contribution in [0.15, 0.2) is 18.2 Å². The minimum atomic E-state index is -0.0739. The van der Waals surface area contributed by atoms with Gasteiger partial charge in [-0.25, -0.2) is 0 Å². The zero-order valence-electron chi connectivity index (χ0n) is 8.09. The molecule has 0 atom stereocenters. The largest absolute Gasteiger partial charge is 0.507 e. The lowest BCUT2D eigenvalue weighted by molar-refractivity contribution is -0.116. The molecule has 0 saturated heterocycles. The maximum absolute atomic E-state index is 11.1. The molecule has 14 heavy (non-hydrogen) atoms. The van der Waals surface area contributed by atoms with E-state index in [4.69, 9.17) is 11.6 Å². The summed E-state index contributed by atoms with van der Waals surface area (Å²) in [6, 6.07) is 5.44. The highest BCUT2D eigenvalue weighted by Crippen LogP contribution is 2.23. The van der Waals surface area contributed by atoms with Crippen molar-refractivity contribution in [1.82, 2.24) is 0 Å². The van der Waals surface area contributed by atoms with Gasteiger partial charge >= 0.3 is 0 Å². The Hall–Kier alpha value is -1.02. The topological polar surface area (TPSA) is 37.3 Å². The van der Waals surface area contributed by atoms with E-state index in [0.717, 1.165) is 12.0 Å². The first-order chi connectivity index (χ1) is 6.69. The van der Waals surface area contributed by atoms with E-state index in [1.807, 2.05) is 19.1 Å². The molecule has 0 aliphatic carbocycles. The Morgan fingerprint density at radius 1 is 1.43 bits per heavy atom. The zero-order valence-corrected chi connectivity index (χ0v) is 8.84. The van der Waals surface area contributed by atoms with Crippen LogP contribution < -0.4 is 0 Å². The first-order valence-electron chi connectivity index (χ1n) is 4.56. The number of alkyl halides is 1. The van der Waals surface area contributed by atoms with Crippen molar-refractivity contribution >= 4 is 17.4 Å². The summed E-state index contributed by atoms with van der Waals surface area (Å²) in [6.07, 6.45) is 0.970. The molecule has 0 bridgehead atoms. The van der Waals surface area contributed by atoms with Crippen molar-refractivity contribution in [1.29, 1.82) is 0 Å². The number of phenolic OH excluding ortho intramolecular Hbond substituents is 1. The van der Waals surface area contributed by atoms with E-state index in [1.54, 1.807) is 6.07 Å². The Kier molecular flexibility index (Phi) is 3.96. The van der Waals surface area contributed by atoms with Gasteiger partial charge in [-0.05, 0) is 12.0 Å². The number of benzene rings is 1. The average Bonchev–Trinajstić information content (AvgIpc) is 2.21. The van der Waals surface area contributed by atoms with Gasteiger partial charge in [0.1, 0.15) is 5.75 Å². The number of ketones is 1. The third kappa shape index (κ3) is 2.48. The van der Waals surface area contributed by atoms with Crippen molar-refractivity contribution in [2.75, 3.05) is 5.88 Å². The van der Waals surface area contributed by atoms with Crippen LogP contribution in [0, 0.1) is 0 Å². The summed E-state index contributed by atoms with van der Waals surface area (Å²) in [4.78, 5) is 11.1. The van der Waals surface area contributed by atoms with Crippen LogP contribution in [0.5, 0.6) is 5.75 Å². The second-order valence-electron chi connectivity index (χ2n) is 3.13. The Morgan fingerprint density at radius 2 is 2.07 bits per heavy atom. The van der Waals surface area contributed by atoms with Crippen molar-refractivity contribution in [2.24, 2.45) is 0 Å². The molecule has 2 nitrogen and oxygen atoms in total. The van der Waals surface area contributed by atoms with Gasteiger partial charge in [0.15, 0.2) is 5.78 Å². The lowest BCUT2D eigenvalue weighted by Gasteiger charge is -2.06. The zero-order chi connectivity index (χ0) is 10.6. The number of hydrogen-bond donors (Lipinski definition) is 1. The van der Waals surface area contributed by atoms with Crippen molar-refractivity contribution in [3.05, 3.63) is 29.3 Å². The molecule has 0 aromatic heterocycles. The third-order valence-corrected chi connectivity index (χ3v) is 2.42. The first kappa shape index (κ1) is 11.1. The van der Waals surface area contributed by atoms with E-state index in [-0.39, 0.29) is 23.8 Å². The molecule has 76 valence electrons. The molecule has 3 heteroatoms. The molecule has 1 N–H and O–H groups in total. The van der Waals surface area contributed by atoms with Crippen LogP contribution in [0.25, 0.3) is 0 Å². The van der Waals surface area contributed by atoms with Crippen LogP contribution in [-0.4, -0.2) is 16.8 Å². The maximum Gasteiger partial charge on any atom is 0.152 e. The summed E-state index contributed by atoms with van der Waals surface area (Å²) >= 11 is 5.40. The second kappa shape index (κ2) is 5.01. The van der Waals surface area contributed by atoms with E-state index in [2.05, 4.69) is 0 Å². The smallest absolute Gasteiger partial charge is 0.152 e. The fraction of sp³-hybridized carbons (Fsp3) is 0.364. The molecular weight excluding hydrogens is 200 g/mol. The quantitative estimate of drug-likeness (QED) is 0.778. The Labute approximate surface area is 88.5 Å². The van der Waals surface area contributed by atoms with Crippen molar-refractivity contribution in [3.8, 4) is 5.75 Å². The standard InChI is InChI=1S/C11H13ClO2/c1-2-8-4-3-5-9(11(8)14)6-10(13)7-12/h3-5,14H,2,6-7H2,1H3. The van der Waals surface area contributed by atoms with Gasteiger partial charge in [-0.1, -0.05) is 25.1 Å². The predicted molar refractivity (Wildman–Crippen MR) is 56.9 cm³/mol. The van der Waals surface area contributed by atoms with Crippen molar-refractivity contribution in [2.45, 2.75) is 19.8 Å². The number of carbonyl (C=O) groups excluding carboxylic acids is 1. The molecule has 0 spiro atoms. The van der Waals surface area contributed by atoms with Gasteiger partial charge in [-0.2, -0.15) is 0 Å². The summed E-state index contributed by atoms with van der Waals surface area (Å²) in [5, 5.41) is 9.74. The minimum absolute atomic E-state index is 0.00417. The highest BCUT2D eigenvalue weighted by atomic mass is 35.5. The van der Waals surface area contributed by atoms with Gasteiger partial charge in [0, 0.05) is 12.0 Å². The van der Waals surface area contributed by atoms with Gasteiger partial charge in [0.05, 0.1) is 5.88 Å². The first-order valence-corrected chi connectivity index (χ1v) is 5.09. The lowest BCUT2D eigenvalue weighted by atomic mass is 10.0. The summed E-state index contributed by atoms with van der Waals surface area (Å²) in [6.45, 7) is 1.96. The van der Waals surface area contributed by atoms with Crippen molar-refractivity contribution < 1.29 is 9.90 Å². The molecule has 0 unspecified atom stereocenters. The molecule has 1 rings (SSSR count). The van der Waals surface area contributed by atoms with E-state index >= 15 is 0 Å². The molecule has 0 fully saturated rings. The van der Waals surface area contributed by atoms with Gasteiger partial charge in [-0.3, -0.25) is 4.79 Å². The Balaban J connectivity index is 2.92. The number of rotatable bonds is 4. The third-order valence-electron chi connectivity index (χ3n) is 2.12. The van der Waals surface area contributed by atoms with Gasteiger partial charge in [-0.15, -0.1) is 11.6 Å². The van der Waals surface area contributed by atoms with Crippen LogP contribution in [0.4, 0.5) is 0 Å². The summed E-state index contributed by atoms with van der Waals surface area (Å²) < 4.78 is 0. The number of phenols is 1. The molecular formula is C11H13ClO2. The number of aryl methyl sites for hydroxylation is 1. The second-order valence-corrected chi connectivity index (χ2v) is 3.39. The average molecular weight is 213 g/mol. The molecule has 1 aromatic rings. The van der Waals surface area contributed by atoms with E-state index in [9.17, 15) is 9.90 Å². The number of hydrogen-bond acceptors (Lipinski definition) is 2. The number of aromatic hydroxyl groups is 1. The molecule has 0 amide bonds. The Bertz CT molecular complexity index is 334. The lowest BCUT2D eigenvalue weighted by Crippen LogP contribution is -2.04. The van der Waals surface area contributed by atoms with Crippen LogP contribution in [0.2, 0.25) is 0 Å². The summed E-state index contributed by atoms with van der Waals surface area (Å²) in [7, 11) is 0. The van der Waals surface area contributed by atoms with Gasteiger partial charge in [0.2, 0.25) is 0 Å². The van der Waals surface area contributed by atoms with E-state index in [0.29, 0.717) is 5.56 Å². The molecule has 0 aliphatic rings. The molecule has 0 heterocycles. The van der Waals surface area contributed by atoms with Crippen LogP contribution >= 0.6 is 11.6 Å². The highest BCUT2D eigenvalue weighted by molar-refractivity contribution is 6.27. The van der Waals surface area contributed by atoms with E-state index in [1.165, 1.54) is 0 Å². The minimum Gasteiger partial charge on any atom is -0.507 e. The van der Waals surface area contributed by atoms with Gasteiger partial charge < -0.3 is 5.11 Å². The fourth-order valence-corrected chi connectivity index (χ4v) is 1.43. The van der Waals surface area contributed by atoms with Crippen LogP contribution in [0.3, 0.4) is 0 Å². The van der Waals surface area contributed by atoms with Crippen LogP contribution in [-0.2, 0) is 17.6 Å². The summed E-state index contributed by atoms with van der Waals surface area (Å²) in [5.74, 6) is 0.152. The van der Waals surface area contributed by atoms with Crippen molar-refractivity contribution in [3.63, 3.8) is 0 Å². The molecule has 0 radical (unpaired) electrons.